The molecule has 0 saturated heterocycles. The van der Waals surface area contributed by atoms with Gasteiger partial charge < -0.3 is 15.5 Å². The molecule has 0 saturated carbocycles. The molecule has 0 atom stereocenters. The fourth-order valence-corrected chi connectivity index (χ4v) is 1.95. The van der Waals surface area contributed by atoms with E-state index in [-0.39, 0.29) is 11.4 Å². The predicted molar refractivity (Wildman–Crippen MR) is 83.1 cm³/mol. The van der Waals surface area contributed by atoms with Gasteiger partial charge in [-0.25, -0.2) is 9.37 Å². The first-order valence-electron chi connectivity index (χ1n) is 7.52. The number of carbonyl (C=O) groups is 1. The summed E-state index contributed by atoms with van der Waals surface area (Å²) in [6.45, 7) is 9.86. The average Bonchev–Trinajstić information content (AvgIpc) is 2.50. The second-order valence-electron chi connectivity index (χ2n) is 4.73. The Kier molecular flexibility index (Phi) is 7.68. The Hall–Kier alpha value is -1.69. The zero-order valence-corrected chi connectivity index (χ0v) is 13.1. The molecule has 0 aliphatic carbocycles. The Morgan fingerprint density at radius 3 is 2.62 bits per heavy atom. The summed E-state index contributed by atoms with van der Waals surface area (Å²) in [4.78, 5) is 18.1. The highest BCUT2D eigenvalue weighted by molar-refractivity contribution is 5.95. The zero-order chi connectivity index (χ0) is 15.7. The first-order valence-corrected chi connectivity index (χ1v) is 7.52. The lowest BCUT2D eigenvalue weighted by atomic mass is 10.2. The van der Waals surface area contributed by atoms with Crippen LogP contribution in [0, 0.1) is 5.82 Å². The van der Waals surface area contributed by atoms with E-state index in [1.54, 1.807) is 0 Å². The van der Waals surface area contributed by atoms with Gasteiger partial charge in [-0.2, -0.15) is 0 Å². The number of aromatic nitrogens is 1. The molecule has 2 N–H and O–H groups in total. The van der Waals surface area contributed by atoms with Crippen LogP contribution in [0.3, 0.4) is 0 Å². The van der Waals surface area contributed by atoms with Crippen molar-refractivity contribution < 1.29 is 9.18 Å². The highest BCUT2D eigenvalue weighted by atomic mass is 19.1. The molecular formula is C15H25FN4O. The molecule has 1 heterocycles. The summed E-state index contributed by atoms with van der Waals surface area (Å²) >= 11 is 0. The summed E-state index contributed by atoms with van der Waals surface area (Å²) in [5.74, 6) is -0.860. The number of hydrogen-bond acceptors (Lipinski definition) is 4. The molecule has 1 aromatic heterocycles. The van der Waals surface area contributed by atoms with E-state index in [2.05, 4.69) is 34.4 Å². The summed E-state index contributed by atoms with van der Waals surface area (Å²) in [7, 11) is 0. The number of anilines is 1. The third-order valence-corrected chi connectivity index (χ3v) is 3.28. The van der Waals surface area contributed by atoms with Gasteiger partial charge in [0.05, 0.1) is 5.56 Å². The first-order chi connectivity index (χ1) is 10.1. The summed E-state index contributed by atoms with van der Waals surface area (Å²) in [6, 6.07) is 1.40. The van der Waals surface area contributed by atoms with Crippen LogP contribution in [0.1, 0.15) is 37.6 Å². The Balaban J connectivity index is 2.61. The topological polar surface area (TPSA) is 57.3 Å². The molecule has 0 aliphatic heterocycles. The van der Waals surface area contributed by atoms with Crippen LogP contribution in [0.4, 0.5) is 10.2 Å². The average molecular weight is 296 g/mol. The van der Waals surface area contributed by atoms with Crippen molar-refractivity contribution in [3.63, 3.8) is 0 Å². The molecule has 0 fully saturated rings. The standard InChI is InChI=1S/C15H25FN4O/c1-4-8-17-14-13(16)12(7-9-18-14)15(21)19-10-11-20(5-2)6-3/h7,9H,4-6,8,10-11H2,1-3H3,(H,17,18)(H,19,21). The molecule has 0 radical (unpaired) electrons. The second kappa shape index (κ2) is 9.28. The molecule has 5 nitrogen and oxygen atoms in total. The third kappa shape index (κ3) is 5.30. The number of halogens is 1. The van der Waals surface area contributed by atoms with Crippen molar-refractivity contribution >= 4 is 11.7 Å². The van der Waals surface area contributed by atoms with Crippen molar-refractivity contribution in [3.8, 4) is 0 Å². The molecular weight excluding hydrogens is 271 g/mol. The SMILES string of the molecule is CCCNc1nccc(C(=O)NCCN(CC)CC)c1F. The van der Waals surface area contributed by atoms with Crippen LogP contribution in [0.25, 0.3) is 0 Å². The molecule has 1 rings (SSSR count). The minimum absolute atomic E-state index is 0.0307. The Bertz CT molecular complexity index is 449. The maximum absolute atomic E-state index is 14.2. The van der Waals surface area contributed by atoms with E-state index in [0.717, 1.165) is 26.1 Å². The van der Waals surface area contributed by atoms with E-state index < -0.39 is 11.7 Å². The van der Waals surface area contributed by atoms with Crippen molar-refractivity contribution in [2.45, 2.75) is 27.2 Å². The lowest BCUT2D eigenvalue weighted by Crippen LogP contribution is -2.35. The van der Waals surface area contributed by atoms with Gasteiger partial charge in [0, 0.05) is 25.8 Å². The van der Waals surface area contributed by atoms with Crippen molar-refractivity contribution in [2.24, 2.45) is 0 Å². The molecule has 0 aliphatic rings. The van der Waals surface area contributed by atoms with Gasteiger partial charge in [0.2, 0.25) is 0 Å². The molecule has 118 valence electrons. The number of rotatable bonds is 9. The Labute approximate surface area is 125 Å². The van der Waals surface area contributed by atoms with E-state index in [4.69, 9.17) is 0 Å². The minimum atomic E-state index is -0.591. The smallest absolute Gasteiger partial charge is 0.254 e. The van der Waals surface area contributed by atoms with Gasteiger partial charge in [-0.15, -0.1) is 0 Å². The summed E-state index contributed by atoms with van der Waals surface area (Å²) < 4.78 is 14.2. The van der Waals surface area contributed by atoms with Crippen LogP contribution in [-0.4, -0.2) is 48.5 Å². The van der Waals surface area contributed by atoms with E-state index in [0.29, 0.717) is 13.1 Å². The number of amides is 1. The quantitative estimate of drug-likeness (QED) is 0.733. The van der Waals surface area contributed by atoms with Gasteiger partial charge in [-0.3, -0.25) is 4.79 Å². The van der Waals surface area contributed by atoms with Crippen molar-refractivity contribution in [1.29, 1.82) is 0 Å². The number of likely N-dealkylation sites (N-methyl/N-ethyl adjacent to an activating group) is 1. The van der Waals surface area contributed by atoms with E-state index in [1.807, 2.05) is 6.92 Å². The molecule has 21 heavy (non-hydrogen) atoms. The largest absolute Gasteiger partial charge is 0.368 e. The Morgan fingerprint density at radius 2 is 2.00 bits per heavy atom. The number of hydrogen-bond donors (Lipinski definition) is 2. The van der Waals surface area contributed by atoms with Gasteiger partial charge in [0.1, 0.15) is 0 Å². The van der Waals surface area contributed by atoms with Gasteiger partial charge in [0.25, 0.3) is 5.91 Å². The van der Waals surface area contributed by atoms with Gasteiger partial charge >= 0.3 is 0 Å². The summed E-state index contributed by atoms with van der Waals surface area (Å²) in [5, 5.41) is 5.62. The normalized spacial score (nSPS) is 10.7. The number of pyridine rings is 1. The maximum Gasteiger partial charge on any atom is 0.254 e. The molecule has 0 bridgehead atoms. The third-order valence-electron chi connectivity index (χ3n) is 3.28. The molecule has 0 aromatic carbocycles. The zero-order valence-electron chi connectivity index (χ0n) is 13.1. The van der Waals surface area contributed by atoms with E-state index in [9.17, 15) is 9.18 Å². The van der Waals surface area contributed by atoms with Gasteiger partial charge in [0.15, 0.2) is 11.6 Å². The lowest BCUT2D eigenvalue weighted by Gasteiger charge is -2.18. The summed E-state index contributed by atoms with van der Waals surface area (Å²) in [5.41, 5.74) is 0.0307. The van der Waals surface area contributed by atoms with Crippen molar-refractivity contribution in [3.05, 3.63) is 23.6 Å². The van der Waals surface area contributed by atoms with Crippen LogP contribution >= 0.6 is 0 Å². The summed E-state index contributed by atoms with van der Waals surface area (Å²) in [6.07, 6.45) is 2.31. The van der Waals surface area contributed by atoms with Crippen LogP contribution in [0.2, 0.25) is 0 Å². The van der Waals surface area contributed by atoms with Crippen LogP contribution in [0.5, 0.6) is 0 Å². The molecule has 1 aromatic rings. The lowest BCUT2D eigenvalue weighted by molar-refractivity contribution is 0.0945. The molecule has 0 unspecified atom stereocenters. The minimum Gasteiger partial charge on any atom is -0.368 e. The van der Waals surface area contributed by atoms with Crippen molar-refractivity contribution in [1.82, 2.24) is 15.2 Å². The number of nitrogens with zero attached hydrogens (tertiary/aromatic N) is 2. The fraction of sp³-hybridized carbons (Fsp3) is 0.600. The highest BCUT2D eigenvalue weighted by Gasteiger charge is 2.15. The molecule has 1 amide bonds. The molecule has 6 heteroatoms. The number of carbonyl (C=O) groups excluding carboxylic acids is 1. The van der Waals surface area contributed by atoms with Crippen LogP contribution in [-0.2, 0) is 0 Å². The number of nitrogens with one attached hydrogen (secondary N) is 2. The Morgan fingerprint density at radius 1 is 1.29 bits per heavy atom. The molecule has 0 spiro atoms. The van der Waals surface area contributed by atoms with E-state index in [1.165, 1.54) is 12.3 Å². The van der Waals surface area contributed by atoms with Crippen LogP contribution in [0.15, 0.2) is 12.3 Å². The fourth-order valence-electron chi connectivity index (χ4n) is 1.95. The van der Waals surface area contributed by atoms with Gasteiger partial charge in [-0.1, -0.05) is 20.8 Å². The maximum atomic E-state index is 14.2. The van der Waals surface area contributed by atoms with Crippen molar-refractivity contribution in [2.75, 3.05) is 38.0 Å². The highest BCUT2D eigenvalue weighted by Crippen LogP contribution is 2.14. The van der Waals surface area contributed by atoms with E-state index >= 15 is 0 Å². The first kappa shape index (κ1) is 17.4. The van der Waals surface area contributed by atoms with Gasteiger partial charge in [-0.05, 0) is 25.6 Å². The monoisotopic (exact) mass is 296 g/mol. The van der Waals surface area contributed by atoms with Crippen LogP contribution < -0.4 is 10.6 Å². The predicted octanol–water partition coefficient (Wildman–Crippen LogP) is 2.11. The second-order valence-corrected chi connectivity index (χ2v) is 4.73.